The van der Waals surface area contributed by atoms with Crippen LogP contribution < -0.4 is 4.74 Å². The van der Waals surface area contributed by atoms with Gasteiger partial charge in [-0.2, -0.15) is 0 Å². The van der Waals surface area contributed by atoms with E-state index in [1.165, 1.54) is 6.07 Å². The fraction of sp³-hybridized carbons (Fsp3) is 0.125. The van der Waals surface area contributed by atoms with E-state index >= 15 is 0 Å². The van der Waals surface area contributed by atoms with Crippen molar-refractivity contribution < 1.29 is 9.13 Å². The first kappa shape index (κ1) is 13.0. The smallest absolute Gasteiger partial charge is 0.142 e. The molecule has 0 spiro atoms. The molecule has 2 nitrogen and oxygen atoms in total. The molecule has 0 saturated carbocycles. The van der Waals surface area contributed by atoms with Gasteiger partial charge in [-0.15, -0.1) is 0 Å². The fourth-order valence-electron chi connectivity index (χ4n) is 2.30. The predicted octanol–water partition coefficient (Wildman–Crippen LogP) is 4.49. The standard InChI is InChI=1S/C16H13ClFNO/c1-20-13-5-6-15-11(9-13)7-8-19(15)10-12-3-2-4-14(18)16(12)17/h2-9H,10H2,1H3. The second-order valence-electron chi connectivity index (χ2n) is 4.58. The Morgan fingerprint density at radius 3 is 2.85 bits per heavy atom. The largest absolute Gasteiger partial charge is 0.497 e. The molecule has 0 unspecified atom stereocenters. The topological polar surface area (TPSA) is 14.2 Å². The van der Waals surface area contributed by atoms with Crippen LogP contribution in [-0.2, 0) is 6.54 Å². The Morgan fingerprint density at radius 2 is 2.05 bits per heavy atom. The monoisotopic (exact) mass is 289 g/mol. The Labute approximate surface area is 121 Å². The molecule has 0 bridgehead atoms. The van der Waals surface area contributed by atoms with Crippen LogP contribution in [0.4, 0.5) is 4.39 Å². The molecule has 0 aliphatic heterocycles. The quantitative estimate of drug-likeness (QED) is 0.693. The van der Waals surface area contributed by atoms with Gasteiger partial charge in [-0.1, -0.05) is 23.7 Å². The van der Waals surface area contributed by atoms with Gasteiger partial charge >= 0.3 is 0 Å². The Hall–Kier alpha value is -2.00. The van der Waals surface area contributed by atoms with Crippen LogP contribution in [0.2, 0.25) is 5.02 Å². The lowest BCUT2D eigenvalue weighted by Crippen LogP contribution is -1.99. The molecule has 0 atom stereocenters. The van der Waals surface area contributed by atoms with Crippen molar-refractivity contribution in [1.82, 2.24) is 4.57 Å². The van der Waals surface area contributed by atoms with Crippen molar-refractivity contribution in [2.24, 2.45) is 0 Å². The van der Waals surface area contributed by atoms with E-state index in [1.807, 2.05) is 41.1 Å². The first-order chi connectivity index (χ1) is 9.69. The summed E-state index contributed by atoms with van der Waals surface area (Å²) in [6, 6.07) is 12.7. The number of fused-ring (bicyclic) bond motifs is 1. The van der Waals surface area contributed by atoms with E-state index in [0.29, 0.717) is 6.54 Å². The van der Waals surface area contributed by atoms with E-state index in [0.717, 1.165) is 22.2 Å². The van der Waals surface area contributed by atoms with Gasteiger partial charge < -0.3 is 9.30 Å². The van der Waals surface area contributed by atoms with Crippen molar-refractivity contribution in [1.29, 1.82) is 0 Å². The molecule has 0 aliphatic rings. The molecule has 2 aromatic carbocycles. The molecule has 3 aromatic rings. The lowest BCUT2D eigenvalue weighted by molar-refractivity contribution is 0.415. The normalized spacial score (nSPS) is 10.9. The SMILES string of the molecule is COc1ccc2c(ccn2Cc2cccc(F)c2Cl)c1. The number of aromatic nitrogens is 1. The molecule has 20 heavy (non-hydrogen) atoms. The maximum atomic E-state index is 13.5. The number of benzene rings is 2. The molecule has 0 N–H and O–H groups in total. The average molecular weight is 290 g/mol. The highest BCUT2D eigenvalue weighted by Crippen LogP contribution is 2.25. The van der Waals surface area contributed by atoms with Gasteiger partial charge in [0.1, 0.15) is 11.6 Å². The molecule has 102 valence electrons. The minimum atomic E-state index is -0.387. The van der Waals surface area contributed by atoms with Crippen molar-refractivity contribution >= 4 is 22.5 Å². The Balaban J connectivity index is 2.01. The van der Waals surface area contributed by atoms with Crippen molar-refractivity contribution in [2.45, 2.75) is 6.54 Å². The van der Waals surface area contributed by atoms with Crippen molar-refractivity contribution in [3.05, 3.63) is 65.1 Å². The summed E-state index contributed by atoms with van der Waals surface area (Å²) in [5.74, 6) is 0.432. The number of nitrogens with zero attached hydrogens (tertiary/aromatic N) is 1. The maximum Gasteiger partial charge on any atom is 0.142 e. The lowest BCUT2D eigenvalue weighted by Gasteiger charge is -2.08. The highest BCUT2D eigenvalue weighted by atomic mass is 35.5. The third-order valence-corrected chi connectivity index (χ3v) is 3.77. The predicted molar refractivity (Wildman–Crippen MR) is 79.0 cm³/mol. The summed E-state index contributed by atoms with van der Waals surface area (Å²) in [5, 5.41) is 1.26. The first-order valence-electron chi connectivity index (χ1n) is 6.25. The Bertz CT molecular complexity index is 766. The first-order valence-corrected chi connectivity index (χ1v) is 6.62. The lowest BCUT2D eigenvalue weighted by atomic mass is 10.2. The minimum absolute atomic E-state index is 0.183. The van der Waals surface area contributed by atoms with E-state index in [4.69, 9.17) is 16.3 Å². The van der Waals surface area contributed by atoms with E-state index < -0.39 is 0 Å². The average Bonchev–Trinajstić information content (AvgIpc) is 2.86. The summed E-state index contributed by atoms with van der Waals surface area (Å²) >= 11 is 6.00. The number of ether oxygens (including phenoxy) is 1. The van der Waals surface area contributed by atoms with E-state index in [-0.39, 0.29) is 10.8 Å². The number of methoxy groups -OCH3 is 1. The van der Waals surface area contributed by atoms with Crippen LogP contribution >= 0.6 is 11.6 Å². The zero-order chi connectivity index (χ0) is 14.1. The summed E-state index contributed by atoms with van der Waals surface area (Å²) in [7, 11) is 1.64. The van der Waals surface area contributed by atoms with Gasteiger partial charge in [-0.3, -0.25) is 0 Å². The highest BCUT2D eigenvalue weighted by Gasteiger charge is 2.08. The molecule has 0 fully saturated rings. The van der Waals surface area contributed by atoms with Crippen LogP contribution in [-0.4, -0.2) is 11.7 Å². The van der Waals surface area contributed by atoms with E-state index in [1.54, 1.807) is 13.2 Å². The maximum absolute atomic E-state index is 13.5. The van der Waals surface area contributed by atoms with Gasteiger partial charge in [0.2, 0.25) is 0 Å². The third-order valence-electron chi connectivity index (χ3n) is 3.35. The second kappa shape index (κ2) is 5.17. The number of hydrogen-bond donors (Lipinski definition) is 0. The summed E-state index contributed by atoms with van der Waals surface area (Å²) in [6.07, 6.45) is 1.96. The Morgan fingerprint density at radius 1 is 1.20 bits per heavy atom. The summed E-state index contributed by atoms with van der Waals surface area (Å²) in [4.78, 5) is 0. The molecule has 0 amide bonds. The van der Waals surface area contributed by atoms with Crippen molar-refractivity contribution in [2.75, 3.05) is 7.11 Å². The van der Waals surface area contributed by atoms with Gasteiger partial charge in [0.25, 0.3) is 0 Å². The van der Waals surface area contributed by atoms with Crippen LogP contribution in [0.15, 0.2) is 48.7 Å². The zero-order valence-electron chi connectivity index (χ0n) is 10.9. The molecule has 1 heterocycles. The van der Waals surface area contributed by atoms with Gasteiger partial charge in [-0.25, -0.2) is 4.39 Å². The number of halogens is 2. The molecule has 0 aliphatic carbocycles. The summed E-state index contributed by atoms with van der Waals surface area (Å²) < 4.78 is 20.7. The highest BCUT2D eigenvalue weighted by molar-refractivity contribution is 6.31. The zero-order valence-corrected chi connectivity index (χ0v) is 11.7. The molecule has 0 radical (unpaired) electrons. The van der Waals surface area contributed by atoms with Crippen LogP contribution in [0.1, 0.15) is 5.56 Å². The van der Waals surface area contributed by atoms with Crippen LogP contribution in [0.5, 0.6) is 5.75 Å². The molecular weight excluding hydrogens is 277 g/mol. The second-order valence-corrected chi connectivity index (χ2v) is 4.96. The van der Waals surface area contributed by atoms with E-state index in [9.17, 15) is 4.39 Å². The minimum Gasteiger partial charge on any atom is -0.497 e. The van der Waals surface area contributed by atoms with E-state index in [2.05, 4.69) is 0 Å². The van der Waals surface area contributed by atoms with Gasteiger partial charge in [-0.05, 0) is 35.9 Å². The molecular formula is C16H13ClFNO. The van der Waals surface area contributed by atoms with Crippen molar-refractivity contribution in [3.63, 3.8) is 0 Å². The fourth-order valence-corrected chi connectivity index (χ4v) is 2.48. The summed E-state index contributed by atoms with van der Waals surface area (Å²) in [5.41, 5.74) is 1.83. The van der Waals surface area contributed by atoms with Gasteiger partial charge in [0.05, 0.1) is 12.1 Å². The van der Waals surface area contributed by atoms with Crippen LogP contribution in [0.25, 0.3) is 10.9 Å². The molecule has 1 aromatic heterocycles. The van der Waals surface area contributed by atoms with Gasteiger partial charge in [0.15, 0.2) is 0 Å². The van der Waals surface area contributed by atoms with Crippen molar-refractivity contribution in [3.8, 4) is 5.75 Å². The number of rotatable bonds is 3. The number of hydrogen-bond acceptors (Lipinski definition) is 1. The Kier molecular flexibility index (Phi) is 3.36. The molecule has 3 rings (SSSR count). The molecule has 0 saturated heterocycles. The third kappa shape index (κ3) is 2.25. The van der Waals surface area contributed by atoms with Crippen LogP contribution in [0.3, 0.4) is 0 Å². The van der Waals surface area contributed by atoms with Gasteiger partial charge in [0, 0.05) is 23.6 Å². The summed E-state index contributed by atoms with van der Waals surface area (Å²) in [6.45, 7) is 0.534. The molecule has 4 heteroatoms. The van der Waals surface area contributed by atoms with Crippen LogP contribution in [0, 0.1) is 5.82 Å².